The topological polar surface area (TPSA) is 9.23 Å². The number of ether oxygens (including phenoxy) is 1. The predicted molar refractivity (Wildman–Crippen MR) is 74.7 cm³/mol. The third-order valence-electron chi connectivity index (χ3n) is 4.53. The predicted octanol–water partition coefficient (Wildman–Crippen LogP) is 4.88. The Morgan fingerprint density at radius 1 is 1.05 bits per heavy atom. The standard InChI is InChI=1S/C17H21FO/c18-15-7-1-2-8-16(15)19-13-14-6-5-11-17(12-14)9-3-4-10-17/h1-2,7-8,12H,3-6,9-11,13H2. The van der Waals surface area contributed by atoms with Gasteiger partial charge in [-0.1, -0.05) is 31.1 Å². The minimum absolute atomic E-state index is 0.269. The zero-order valence-corrected chi connectivity index (χ0v) is 11.3. The fourth-order valence-corrected chi connectivity index (χ4v) is 3.56. The summed E-state index contributed by atoms with van der Waals surface area (Å²) < 4.78 is 19.1. The number of para-hydroxylation sites is 1. The highest BCUT2D eigenvalue weighted by Crippen LogP contribution is 2.47. The van der Waals surface area contributed by atoms with Gasteiger partial charge in [0.1, 0.15) is 6.61 Å². The highest BCUT2D eigenvalue weighted by Gasteiger charge is 2.33. The van der Waals surface area contributed by atoms with E-state index in [2.05, 4.69) is 6.08 Å². The van der Waals surface area contributed by atoms with Crippen LogP contribution in [0.15, 0.2) is 35.9 Å². The third kappa shape index (κ3) is 2.83. The molecule has 1 aromatic carbocycles. The summed E-state index contributed by atoms with van der Waals surface area (Å²) in [7, 11) is 0. The van der Waals surface area contributed by atoms with Crippen molar-refractivity contribution in [2.45, 2.75) is 44.9 Å². The number of allylic oxidation sites excluding steroid dienone is 1. The van der Waals surface area contributed by atoms with Gasteiger partial charge < -0.3 is 4.74 Å². The van der Waals surface area contributed by atoms with Crippen molar-refractivity contribution in [1.29, 1.82) is 0 Å². The highest BCUT2D eigenvalue weighted by atomic mass is 19.1. The van der Waals surface area contributed by atoms with Crippen LogP contribution in [-0.2, 0) is 0 Å². The normalized spacial score (nSPS) is 21.4. The zero-order valence-electron chi connectivity index (χ0n) is 11.3. The van der Waals surface area contributed by atoms with Gasteiger partial charge in [-0.05, 0) is 55.2 Å². The summed E-state index contributed by atoms with van der Waals surface area (Å²) in [4.78, 5) is 0. The number of benzene rings is 1. The van der Waals surface area contributed by atoms with Crippen LogP contribution in [-0.4, -0.2) is 6.61 Å². The molecule has 1 nitrogen and oxygen atoms in total. The summed E-state index contributed by atoms with van der Waals surface area (Å²) in [5.41, 5.74) is 1.81. The van der Waals surface area contributed by atoms with E-state index in [9.17, 15) is 4.39 Å². The Morgan fingerprint density at radius 3 is 2.58 bits per heavy atom. The molecule has 0 amide bonds. The van der Waals surface area contributed by atoms with E-state index in [1.54, 1.807) is 12.1 Å². The lowest BCUT2D eigenvalue weighted by molar-refractivity contribution is 0.293. The molecular weight excluding hydrogens is 239 g/mol. The zero-order chi connectivity index (χ0) is 13.1. The van der Waals surface area contributed by atoms with Gasteiger partial charge in [0.05, 0.1) is 0 Å². The van der Waals surface area contributed by atoms with E-state index < -0.39 is 0 Å². The number of rotatable bonds is 3. The van der Waals surface area contributed by atoms with Crippen LogP contribution in [0.25, 0.3) is 0 Å². The summed E-state index contributed by atoms with van der Waals surface area (Å²) in [6.45, 7) is 0.544. The molecule has 3 rings (SSSR count). The minimum Gasteiger partial charge on any atom is -0.486 e. The van der Waals surface area contributed by atoms with Gasteiger partial charge in [-0.15, -0.1) is 0 Å². The van der Waals surface area contributed by atoms with Crippen LogP contribution >= 0.6 is 0 Å². The monoisotopic (exact) mass is 260 g/mol. The molecule has 1 saturated carbocycles. The van der Waals surface area contributed by atoms with Gasteiger partial charge in [-0.25, -0.2) is 4.39 Å². The molecule has 2 heteroatoms. The lowest BCUT2D eigenvalue weighted by Gasteiger charge is -2.31. The van der Waals surface area contributed by atoms with Crippen LogP contribution < -0.4 is 4.74 Å². The highest BCUT2D eigenvalue weighted by molar-refractivity contribution is 5.25. The average Bonchev–Trinajstić information content (AvgIpc) is 2.86. The molecule has 0 saturated heterocycles. The second-order valence-electron chi connectivity index (χ2n) is 5.94. The maximum atomic E-state index is 13.5. The molecule has 2 aliphatic rings. The fourth-order valence-electron chi connectivity index (χ4n) is 3.56. The third-order valence-corrected chi connectivity index (χ3v) is 4.53. The Balaban J connectivity index is 1.66. The van der Waals surface area contributed by atoms with E-state index in [-0.39, 0.29) is 5.82 Å². The van der Waals surface area contributed by atoms with Crippen LogP contribution in [0.2, 0.25) is 0 Å². The molecule has 0 N–H and O–H groups in total. The van der Waals surface area contributed by atoms with Gasteiger partial charge in [-0.3, -0.25) is 0 Å². The average molecular weight is 260 g/mol. The summed E-state index contributed by atoms with van der Waals surface area (Å²) >= 11 is 0. The van der Waals surface area contributed by atoms with E-state index in [0.29, 0.717) is 17.8 Å². The van der Waals surface area contributed by atoms with E-state index in [4.69, 9.17) is 4.74 Å². The van der Waals surface area contributed by atoms with Crippen molar-refractivity contribution in [3.63, 3.8) is 0 Å². The lowest BCUT2D eigenvalue weighted by Crippen LogP contribution is -2.19. The molecule has 0 heterocycles. The molecule has 2 aliphatic carbocycles. The van der Waals surface area contributed by atoms with Crippen LogP contribution in [0, 0.1) is 11.2 Å². The molecule has 0 atom stereocenters. The van der Waals surface area contributed by atoms with Crippen LogP contribution in [0.5, 0.6) is 5.75 Å². The van der Waals surface area contributed by atoms with E-state index in [1.165, 1.54) is 50.2 Å². The van der Waals surface area contributed by atoms with Crippen molar-refractivity contribution in [2.24, 2.45) is 5.41 Å². The number of hydrogen-bond donors (Lipinski definition) is 0. The number of hydrogen-bond acceptors (Lipinski definition) is 1. The fraction of sp³-hybridized carbons (Fsp3) is 0.529. The molecule has 102 valence electrons. The largest absolute Gasteiger partial charge is 0.486 e. The lowest BCUT2D eigenvalue weighted by atomic mass is 9.75. The smallest absolute Gasteiger partial charge is 0.165 e. The van der Waals surface area contributed by atoms with Crippen molar-refractivity contribution in [3.05, 3.63) is 41.7 Å². The summed E-state index contributed by atoms with van der Waals surface area (Å²) in [5, 5.41) is 0. The van der Waals surface area contributed by atoms with E-state index in [1.807, 2.05) is 6.07 Å². The van der Waals surface area contributed by atoms with Gasteiger partial charge in [0, 0.05) is 0 Å². The van der Waals surface area contributed by atoms with E-state index in [0.717, 1.165) is 6.42 Å². The molecule has 0 bridgehead atoms. The summed E-state index contributed by atoms with van der Waals surface area (Å²) in [5.74, 6) is 0.101. The Kier molecular flexibility index (Phi) is 3.58. The molecule has 19 heavy (non-hydrogen) atoms. The van der Waals surface area contributed by atoms with Gasteiger partial charge >= 0.3 is 0 Å². The van der Waals surface area contributed by atoms with Crippen molar-refractivity contribution in [1.82, 2.24) is 0 Å². The SMILES string of the molecule is Fc1ccccc1OCC1=CC2(CCCC2)CCC1. The van der Waals surface area contributed by atoms with Crippen molar-refractivity contribution in [2.75, 3.05) is 6.61 Å². The number of halogens is 1. The Labute approximate surface area is 114 Å². The molecule has 0 aromatic heterocycles. The minimum atomic E-state index is -0.269. The van der Waals surface area contributed by atoms with Crippen molar-refractivity contribution < 1.29 is 9.13 Å². The van der Waals surface area contributed by atoms with Gasteiger partial charge in [0.25, 0.3) is 0 Å². The molecule has 1 aromatic rings. The first-order valence-electron chi connectivity index (χ1n) is 7.35. The van der Waals surface area contributed by atoms with Gasteiger partial charge in [0.2, 0.25) is 0 Å². The Hall–Kier alpha value is -1.31. The molecule has 0 unspecified atom stereocenters. The van der Waals surface area contributed by atoms with E-state index >= 15 is 0 Å². The molecular formula is C17H21FO. The van der Waals surface area contributed by atoms with Crippen LogP contribution in [0.4, 0.5) is 4.39 Å². The molecule has 0 radical (unpaired) electrons. The second-order valence-corrected chi connectivity index (χ2v) is 5.94. The quantitative estimate of drug-likeness (QED) is 0.704. The van der Waals surface area contributed by atoms with Crippen LogP contribution in [0.3, 0.4) is 0 Å². The Bertz CT molecular complexity index is 472. The first kappa shape index (κ1) is 12.7. The molecule has 1 fully saturated rings. The van der Waals surface area contributed by atoms with Gasteiger partial charge in [-0.2, -0.15) is 0 Å². The first-order chi connectivity index (χ1) is 9.27. The molecule has 1 spiro atoms. The van der Waals surface area contributed by atoms with Crippen molar-refractivity contribution >= 4 is 0 Å². The Morgan fingerprint density at radius 2 is 1.79 bits per heavy atom. The summed E-state index contributed by atoms with van der Waals surface area (Å²) in [6, 6.07) is 6.65. The molecule has 0 aliphatic heterocycles. The van der Waals surface area contributed by atoms with Gasteiger partial charge in [0.15, 0.2) is 11.6 Å². The maximum absolute atomic E-state index is 13.5. The maximum Gasteiger partial charge on any atom is 0.165 e. The van der Waals surface area contributed by atoms with Crippen molar-refractivity contribution in [3.8, 4) is 5.75 Å². The second kappa shape index (κ2) is 5.36. The van der Waals surface area contributed by atoms with Crippen LogP contribution in [0.1, 0.15) is 44.9 Å². The summed E-state index contributed by atoms with van der Waals surface area (Å²) in [6.07, 6.45) is 11.5. The first-order valence-corrected chi connectivity index (χ1v) is 7.35.